The lowest BCUT2D eigenvalue weighted by molar-refractivity contribution is -0.140. The van der Waals surface area contributed by atoms with E-state index in [2.05, 4.69) is 0 Å². The monoisotopic (exact) mass is 475 g/mol. The van der Waals surface area contributed by atoms with Crippen LogP contribution in [0, 0.1) is 0 Å². The van der Waals surface area contributed by atoms with E-state index in [4.69, 9.17) is 18.6 Å². The van der Waals surface area contributed by atoms with Gasteiger partial charge in [0.05, 0.1) is 38.6 Å². The lowest BCUT2D eigenvalue weighted by atomic mass is 9.93. The summed E-state index contributed by atoms with van der Waals surface area (Å²) in [5.41, 5.74) is 1.85. The van der Waals surface area contributed by atoms with Crippen molar-refractivity contribution in [2.75, 3.05) is 14.2 Å². The van der Waals surface area contributed by atoms with E-state index in [1.54, 1.807) is 48.5 Å². The molecule has 1 fully saturated rings. The number of likely N-dealkylation sites (tertiary alicyclic amines) is 1. The van der Waals surface area contributed by atoms with Crippen LogP contribution in [0.15, 0.2) is 64.8 Å². The normalized spacial score (nSPS) is 20.6. The van der Waals surface area contributed by atoms with Crippen LogP contribution in [0.5, 0.6) is 17.2 Å². The van der Waals surface area contributed by atoms with Gasteiger partial charge in [-0.2, -0.15) is 0 Å². The van der Waals surface area contributed by atoms with Gasteiger partial charge in [0.2, 0.25) is 0 Å². The van der Waals surface area contributed by atoms with Crippen molar-refractivity contribution in [2.45, 2.75) is 32.0 Å². The molecule has 1 saturated heterocycles. The minimum atomic E-state index is -0.923. The van der Waals surface area contributed by atoms with Crippen LogP contribution in [0.25, 0.3) is 5.76 Å². The number of ketones is 1. The molecule has 2 atom stereocenters. The Morgan fingerprint density at radius 2 is 1.94 bits per heavy atom. The zero-order valence-corrected chi connectivity index (χ0v) is 19.6. The van der Waals surface area contributed by atoms with Crippen LogP contribution < -0.4 is 14.2 Å². The summed E-state index contributed by atoms with van der Waals surface area (Å²) in [5, 5.41) is 11.4. The van der Waals surface area contributed by atoms with Crippen LogP contribution in [0.1, 0.15) is 35.4 Å². The number of nitrogens with zero attached hydrogens (tertiary/aromatic N) is 1. The first kappa shape index (κ1) is 22.6. The van der Waals surface area contributed by atoms with E-state index in [1.807, 2.05) is 6.92 Å². The molecule has 2 aliphatic rings. The van der Waals surface area contributed by atoms with Crippen LogP contribution in [0.3, 0.4) is 0 Å². The second kappa shape index (κ2) is 8.87. The molecule has 3 aromatic rings. The third-order valence-electron chi connectivity index (χ3n) is 6.35. The Hall–Kier alpha value is -4.20. The molecule has 8 heteroatoms. The average molecular weight is 475 g/mol. The molecule has 180 valence electrons. The zero-order valence-electron chi connectivity index (χ0n) is 19.6. The van der Waals surface area contributed by atoms with Gasteiger partial charge in [-0.15, -0.1) is 0 Å². The molecule has 1 aromatic heterocycles. The van der Waals surface area contributed by atoms with E-state index in [1.165, 1.54) is 25.4 Å². The highest BCUT2D eigenvalue weighted by atomic mass is 16.5. The van der Waals surface area contributed by atoms with Gasteiger partial charge in [0.25, 0.3) is 11.7 Å². The summed E-state index contributed by atoms with van der Waals surface area (Å²) in [6, 6.07) is 12.9. The van der Waals surface area contributed by atoms with Crippen molar-refractivity contribution in [1.82, 2.24) is 4.90 Å². The first-order chi connectivity index (χ1) is 16.9. The maximum atomic E-state index is 13.3. The number of Topliss-reactive ketones (excluding diaryl/α,β-unsaturated/α-hetero) is 1. The van der Waals surface area contributed by atoms with Crippen molar-refractivity contribution in [2.24, 2.45) is 0 Å². The quantitative estimate of drug-likeness (QED) is 0.323. The Morgan fingerprint density at radius 1 is 1.11 bits per heavy atom. The average Bonchev–Trinajstić information content (AvgIpc) is 3.57. The summed E-state index contributed by atoms with van der Waals surface area (Å²) in [5.74, 6) is 0.436. The second-order valence-electron chi connectivity index (χ2n) is 8.57. The number of hydrogen-bond donors (Lipinski definition) is 1. The second-order valence-corrected chi connectivity index (χ2v) is 8.57. The number of carbonyl (C=O) groups excluding carboxylic acids is 2. The summed E-state index contributed by atoms with van der Waals surface area (Å²) in [7, 11) is 3.03. The Morgan fingerprint density at radius 3 is 2.66 bits per heavy atom. The molecule has 0 spiro atoms. The van der Waals surface area contributed by atoms with E-state index in [0.717, 1.165) is 11.3 Å². The highest BCUT2D eigenvalue weighted by molar-refractivity contribution is 6.46. The van der Waals surface area contributed by atoms with E-state index >= 15 is 0 Å². The number of hydrogen-bond acceptors (Lipinski definition) is 7. The van der Waals surface area contributed by atoms with Gasteiger partial charge in [0, 0.05) is 17.5 Å². The Kier molecular flexibility index (Phi) is 5.72. The van der Waals surface area contributed by atoms with Gasteiger partial charge < -0.3 is 28.6 Å². The van der Waals surface area contributed by atoms with Crippen molar-refractivity contribution >= 4 is 17.4 Å². The van der Waals surface area contributed by atoms with Gasteiger partial charge in [-0.05, 0) is 61.0 Å². The Balaban J connectivity index is 1.69. The maximum Gasteiger partial charge on any atom is 0.296 e. The van der Waals surface area contributed by atoms with Crippen LogP contribution in [0.2, 0.25) is 0 Å². The number of rotatable bonds is 6. The fraction of sp³-hybridized carbons (Fsp3) is 0.259. The third kappa shape index (κ3) is 3.90. The molecule has 2 aliphatic heterocycles. The number of aliphatic hydroxyl groups excluding tert-OH is 1. The van der Waals surface area contributed by atoms with Crippen LogP contribution >= 0.6 is 0 Å². The lowest BCUT2D eigenvalue weighted by Gasteiger charge is -2.26. The first-order valence-electron chi connectivity index (χ1n) is 11.2. The van der Waals surface area contributed by atoms with Gasteiger partial charge in [0.1, 0.15) is 34.9 Å². The molecule has 2 aromatic carbocycles. The molecule has 35 heavy (non-hydrogen) atoms. The fourth-order valence-electron chi connectivity index (χ4n) is 4.71. The Bertz CT molecular complexity index is 1330. The number of carbonyl (C=O) groups is 2. The summed E-state index contributed by atoms with van der Waals surface area (Å²) in [6.07, 6.45) is 2.22. The number of ether oxygens (including phenoxy) is 3. The van der Waals surface area contributed by atoms with Crippen molar-refractivity contribution in [1.29, 1.82) is 0 Å². The SMILES string of the molecule is COc1ccc(OC)c(C2/C(=C(\O)c3ccc4c(c3)CC(C)O4)C(=O)C(=O)N2Cc2ccco2)c1. The maximum absolute atomic E-state index is 13.3. The van der Waals surface area contributed by atoms with Crippen molar-refractivity contribution in [3.63, 3.8) is 0 Å². The van der Waals surface area contributed by atoms with Crippen molar-refractivity contribution in [3.8, 4) is 17.2 Å². The standard InChI is InChI=1S/C27H25NO7/c1-15-11-17-12-16(6-8-21(17)35-15)25(29)23-24(20-13-18(32-2)7-9-22(20)33-3)28(27(31)26(23)30)14-19-5-4-10-34-19/h4-10,12-13,15,24,29H,11,14H2,1-3H3/b25-23+. The molecule has 5 rings (SSSR count). The van der Waals surface area contributed by atoms with Gasteiger partial charge in [-0.25, -0.2) is 0 Å². The molecule has 1 amide bonds. The highest BCUT2D eigenvalue weighted by Crippen LogP contribution is 2.45. The molecule has 1 N–H and O–H groups in total. The number of amides is 1. The molecule has 0 saturated carbocycles. The predicted molar refractivity (Wildman–Crippen MR) is 126 cm³/mol. The fourth-order valence-corrected chi connectivity index (χ4v) is 4.71. The molecule has 2 unspecified atom stereocenters. The molecule has 0 aliphatic carbocycles. The van der Waals surface area contributed by atoms with Crippen molar-refractivity contribution < 1.29 is 33.3 Å². The lowest BCUT2D eigenvalue weighted by Crippen LogP contribution is -2.29. The first-order valence-corrected chi connectivity index (χ1v) is 11.2. The summed E-state index contributed by atoms with van der Waals surface area (Å²) < 4.78 is 22.2. The topological polar surface area (TPSA) is 98.4 Å². The van der Waals surface area contributed by atoms with Crippen molar-refractivity contribution in [3.05, 3.63) is 82.8 Å². The molecular weight excluding hydrogens is 450 g/mol. The molecule has 0 bridgehead atoms. The minimum absolute atomic E-state index is 0.0278. The minimum Gasteiger partial charge on any atom is -0.507 e. The summed E-state index contributed by atoms with van der Waals surface area (Å²) in [4.78, 5) is 28.0. The predicted octanol–water partition coefficient (Wildman–Crippen LogP) is 4.24. The Labute approximate surface area is 202 Å². The van der Waals surface area contributed by atoms with Crippen LogP contribution in [-0.2, 0) is 22.6 Å². The zero-order chi connectivity index (χ0) is 24.7. The van der Waals surface area contributed by atoms with Gasteiger partial charge >= 0.3 is 0 Å². The number of aliphatic hydroxyl groups is 1. The molecule has 3 heterocycles. The van der Waals surface area contributed by atoms with Crippen LogP contribution in [-0.4, -0.2) is 42.0 Å². The van der Waals surface area contributed by atoms with Gasteiger partial charge in [-0.1, -0.05) is 0 Å². The number of benzene rings is 2. The number of fused-ring (bicyclic) bond motifs is 1. The largest absolute Gasteiger partial charge is 0.507 e. The van der Waals surface area contributed by atoms with E-state index in [9.17, 15) is 14.7 Å². The molecule has 0 radical (unpaired) electrons. The van der Waals surface area contributed by atoms with E-state index in [-0.39, 0.29) is 24.0 Å². The van der Waals surface area contributed by atoms with E-state index < -0.39 is 17.7 Å². The van der Waals surface area contributed by atoms with Gasteiger partial charge in [-0.3, -0.25) is 9.59 Å². The van der Waals surface area contributed by atoms with Gasteiger partial charge in [0.15, 0.2) is 0 Å². The van der Waals surface area contributed by atoms with E-state index in [0.29, 0.717) is 34.8 Å². The third-order valence-corrected chi connectivity index (χ3v) is 6.35. The molecule has 8 nitrogen and oxygen atoms in total. The highest BCUT2D eigenvalue weighted by Gasteiger charge is 2.47. The number of methoxy groups -OCH3 is 2. The number of furan rings is 1. The summed E-state index contributed by atoms with van der Waals surface area (Å²) >= 11 is 0. The molecular formula is C27H25NO7. The smallest absolute Gasteiger partial charge is 0.296 e. The summed E-state index contributed by atoms with van der Waals surface area (Å²) in [6.45, 7) is 2.00. The van der Waals surface area contributed by atoms with Crippen LogP contribution in [0.4, 0.5) is 0 Å².